The Morgan fingerprint density at radius 1 is 1.15 bits per heavy atom. The first-order valence-electron chi connectivity index (χ1n) is 8.65. The summed E-state index contributed by atoms with van der Waals surface area (Å²) in [5, 5.41) is 11.7. The van der Waals surface area contributed by atoms with E-state index in [1.807, 2.05) is 11.0 Å². The molecule has 0 radical (unpaired) electrons. The van der Waals surface area contributed by atoms with Crippen LogP contribution < -0.4 is 5.32 Å². The zero-order valence-corrected chi connectivity index (χ0v) is 14.4. The van der Waals surface area contributed by atoms with E-state index in [2.05, 4.69) is 10.3 Å². The van der Waals surface area contributed by atoms with Crippen LogP contribution in [0.15, 0.2) is 48.8 Å². The summed E-state index contributed by atoms with van der Waals surface area (Å²) < 4.78 is 0. The second-order valence-electron chi connectivity index (χ2n) is 6.38. The van der Waals surface area contributed by atoms with Crippen molar-refractivity contribution in [2.75, 3.05) is 19.6 Å². The highest BCUT2D eigenvalue weighted by Gasteiger charge is 2.24. The quantitative estimate of drug-likeness (QED) is 0.918. The zero-order valence-electron chi connectivity index (χ0n) is 14.4. The first-order chi connectivity index (χ1) is 12.7. The molecule has 0 unspecified atom stereocenters. The van der Waals surface area contributed by atoms with Crippen LogP contribution in [-0.4, -0.2) is 41.3 Å². The molecule has 1 fully saturated rings. The molecule has 0 bridgehead atoms. The maximum absolute atomic E-state index is 12.4. The van der Waals surface area contributed by atoms with Crippen molar-refractivity contribution in [2.24, 2.45) is 5.92 Å². The van der Waals surface area contributed by atoms with Crippen LogP contribution in [0.1, 0.15) is 39.1 Å². The van der Waals surface area contributed by atoms with E-state index in [0.29, 0.717) is 42.2 Å². The van der Waals surface area contributed by atoms with Gasteiger partial charge in [-0.3, -0.25) is 14.6 Å². The third-order valence-corrected chi connectivity index (χ3v) is 4.64. The van der Waals surface area contributed by atoms with Crippen molar-refractivity contribution in [2.45, 2.75) is 12.8 Å². The fourth-order valence-electron chi connectivity index (χ4n) is 3.05. The second-order valence-corrected chi connectivity index (χ2v) is 6.38. The van der Waals surface area contributed by atoms with Crippen molar-refractivity contribution >= 4 is 11.8 Å². The Hall–Kier alpha value is -3.20. The Bertz CT molecular complexity index is 804. The molecular weight excluding hydrogens is 328 g/mol. The minimum atomic E-state index is -0.136. The van der Waals surface area contributed by atoms with E-state index in [1.165, 1.54) is 0 Å². The number of hydrogen-bond donors (Lipinski definition) is 1. The van der Waals surface area contributed by atoms with Crippen molar-refractivity contribution in [3.63, 3.8) is 0 Å². The average Bonchev–Trinajstić information content (AvgIpc) is 2.72. The minimum Gasteiger partial charge on any atom is -0.352 e. The van der Waals surface area contributed by atoms with Crippen LogP contribution in [0.2, 0.25) is 0 Å². The SMILES string of the molecule is N#Cc1ccc(C(=O)NCC2CCN(C(=O)c3cccnc3)CC2)cc1. The normalized spacial score (nSPS) is 14.5. The van der Waals surface area contributed by atoms with Gasteiger partial charge in [-0.1, -0.05) is 0 Å². The Kier molecular flexibility index (Phi) is 5.59. The number of nitrogens with zero attached hydrogens (tertiary/aromatic N) is 3. The first kappa shape index (κ1) is 17.6. The van der Waals surface area contributed by atoms with Crippen molar-refractivity contribution in [1.29, 1.82) is 5.26 Å². The van der Waals surface area contributed by atoms with Crippen LogP contribution in [0, 0.1) is 17.2 Å². The molecule has 0 aliphatic carbocycles. The number of rotatable bonds is 4. The second kappa shape index (κ2) is 8.26. The summed E-state index contributed by atoms with van der Waals surface area (Å²) in [6.07, 6.45) is 4.96. The molecule has 0 atom stereocenters. The van der Waals surface area contributed by atoms with Gasteiger partial charge >= 0.3 is 0 Å². The Labute approximate surface area is 152 Å². The van der Waals surface area contributed by atoms with E-state index in [1.54, 1.807) is 48.8 Å². The lowest BCUT2D eigenvalue weighted by Gasteiger charge is -2.32. The molecule has 6 nitrogen and oxygen atoms in total. The molecular formula is C20H20N4O2. The van der Waals surface area contributed by atoms with Gasteiger partial charge in [0.25, 0.3) is 11.8 Å². The number of nitriles is 1. The molecule has 0 spiro atoms. The summed E-state index contributed by atoms with van der Waals surface area (Å²) in [5.41, 5.74) is 1.69. The Morgan fingerprint density at radius 3 is 2.50 bits per heavy atom. The lowest BCUT2D eigenvalue weighted by atomic mass is 9.96. The van der Waals surface area contributed by atoms with Gasteiger partial charge in [0.2, 0.25) is 0 Å². The predicted molar refractivity (Wildman–Crippen MR) is 96.4 cm³/mol. The lowest BCUT2D eigenvalue weighted by Crippen LogP contribution is -2.41. The van der Waals surface area contributed by atoms with E-state index in [-0.39, 0.29) is 11.8 Å². The molecule has 0 saturated carbocycles. The van der Waals surface area contributed by atoms with Crippen LogP contribution in [0.5, 0.6) is 0 Å². The number of aromatic nitrogens is 1. The van der Waals surface area contributed by atoms with Crippen LogP contribution in [0.4, 0.5) is 0 Å². The van der Waals surface area contributed by atoms with E-state index < -0.39 is 0 Å². The van der Waals surface area contributed by atoms with Crippen molar-refractivity contribution in [3.05, 3.63) is 65.5 Å². The van der Waals surface area contributed by atoms with E-state index in [9.17, 15) is 9.59 Å². The number of piperidine rings is 1. The largest absolute Gasteiger partial charge is 0.352 e. The fraction of sp³-hybridized carbons (Fsp3) is 0.300. The molecule has 6 heteroatoms. The molecule has 2 aromatic rings. The lowest BCUT2D eigenvalue weighted by molar-refractivity contribution is 0.0684. The van der Waals surface area contributed by atoms with Gasteiger partial charge in [-0.15, -0.1) is 0 Å². The van der Waals surface area contributed by atoms with E-state index >= 15 is 0 Å². The van der Waals surface area contributed by atoms with Gasteiger partial charge < -0.3 is 10.2 Å². The smallest absolute Gasteiger partial charge is 0.255 e. The molecule has 1 saturated heterocycles. The summed E-state index contributed by atoms with van der Waals surface area (Å²) in [6.45, 7) is 1.96. The van der Waals surface area contributed by atoms with Crippen LogP contribution in [-0.2, 0) is 0 Å². The predicted octanol–water partition coefficient (Wildman–Crippen LogP) is 2.24. The number of benzene rings is 1. The first-order valence-corrected chi connectivity index (χ1v) is 8.65. The van der Waals surface area contributed by atoms with E-state index in [4.69, 9.17) is 5.26 Å². The highest BCUT2D eigenvalue weighted by atomic mass is 16.2. The summed E-state index contributed by atoms with van der Waals surface area (Å²) >= 11 is 0. The monoisotopic (exact) mass is 348 g/mol. The minimum absolute atomic E-state index is 0.0122. The molecule has 2 heterocycles. The number of hydrogen-bond acceptors (Lipinski definition) is 4. The van der Waals surface area contributed by atoms with Crippen LogP contribution in [0.3, 0.4) is 0 Å². The number of carbonyl (C=O) groups is 2. The van der Waals surface area contributed by atoms with Crippen molar-refractivity contribution < 1.29 is 9.59 Å². The number of amides is 2. The summed E-state index contributed by atoms with van der Waals surface area (Å²) in [7, 11) is 0. The van der Waals surface area contributed by atoms with Crippen molar-refractivity contribution in [1.82, 2.24) is 15.2 Å². The molecule has 26 heavy (non-hydrogen) atoms. The third kappa shape index (κ3) is 4.25. The highest BCUT2D eigenvalue weighted by molar-refractivity contribution is 5.94. The summed E-state index contributed by atoms with van der Waals surface area (Å²) in [4.78, 5) is 30.4. The number of pyridine rings is 1. The van der Waals surface area contributed by atoms with Gasteiger partial charge in [-0.2, -0.15) is 5.26 Å². The maximum atomic E-state index is 12.4. The molecule has 1 N–H and O–H groups in total. The Morgan fingerprint density at radius 2 is 1.88 bits per heavy atom. The fourth-order valence-corrected chi connectivity index (χ4v) is 3.05. The van der Waals surface area contributed by atoms with Gasteiger partial charge in [0.15, 0.2) is 0 Å². The topological polar surface area (TPSA) is 86.1 Å². The van der Waals surface area contributed by atoms with Gasteiger partial charge in [-0.05, 0) is 55.2 Å². The van der Waals surface area contributed by atoms with Gasteiger partial charge in [-0.25, -0.2) is 0 Å². The van der Waals surface area contributed by atoms with Crippen molar-refractivity contribution in [3.8, 4) is 6.07 Å². The molecule has 1 aliphatic rings. The molecule has 2 amide bonds. The standard InChI is InChI=1S/C20H20N4O2/c21-12-15-3-5-17(6-4-15)19(25)23-13-16-7-10-24(11-8-16)20(26)18-2-1-9-22-14-18/h1-6,9,14,16H,7-8,10-11,13H2,(H,23,25). The zero-order chi connectivity index (χ0) is 18.4. The summed E-state index contributed by atoms with van der Waals surface area (Å²) in [5.74, 6) is 0.233. The average molecular weight is 348 g/mol. The Balaban J connectivity index is 1.46. The summed E-state index contributed by atoms with van der Waals surface area (Å²) in [6, 6.07) is 12.2. The molecule has 3 rings (SSSR count). The maximum Gasteiger partial charge on any atom is 0.255 e. The number of carbonyl (C=O) groups excluding carboxylic acids is 2. The van der Waals surface area contributed by atoms with Gasteiger partial charge in [0.1, 0.15) is 0 Å². The third-order valence-electron chi connectivity index (χ3n) is 4.64. The molecule has 1 aromatic carbocycles. The van der Waals surface area contributed by atoms with Crippen LogP contribution >= 0.6 is 0 Å². The van der Waals surface area contributed by atoms with E-state index in [0.717, 1.165) is 12.8 Å². The highest BCUT2D eigenvalue weighted by Crippen LogP contribution is 2.18. The van der Waals surface area contributed by atoms with Gasteiger partial charge in [0, 0.05) is 37.6 Å². The van der Waals surface area contributed by atoms with Crippen LogP contribution in [0.25, 0.3) is 0 Å². The molecule has 1 aromatic heterocycles. The molecule has 1 aliphatic heterocycles. The van der Waals surface area contributed by atoms with Gasteiger partial charge in [0.05, 0.1) is 17.2 Å². The number of nitrogens with one attached hydrogen (secondary N) is 1. The number of likely N-dealkylation sites (tertiary alicyclic amines) is 1. The molecule has 132 valence electrons.